The van der Waals surface area contributed by atoms with Crippen molar-refractivity contribution >= 4 is 0 Å². The Balaban J connectivity index is 0.000000470. The van der Waals surface area contributed by atoms with Crippen molar-refractivity contribution in [3.05, 3.63) is 0 Å². The highest BCUT2D eigenvalue weighted by molar-refractivity contribution is 5.05. The van der Waals surface area contributed by atoms with Gasteiger partial charge in [0.15, 0.2) is 0 Å². The van der Waals surface area contributed by atoms with E-state index in [1.54, 1.807) is 0 Å². The van der Waals surface area contributed by atoms with E-state index in [-0.39, 0.29) is 5.60 Å². The molecule has 1 saturated carbocycles. The smallest absolute Gasteiger partial charge is 0.0935 e. The van der Waals surface area contributed by atoms with E-state index >= 15 is 0 Å². The monoisotopic (exact) mass is 432 g/mol. The molecule has 3 heterocycles. The molecule has 4 fully saturated rings. The van der Waals surface area contributed by atoms with E-state index in [2.05, 4.69) is 33.5 Å². The molecular weight excluding hydrogens is 380 g/mol. The van der Waals surface area contributed by atoms with Gasteiger partial charge < -0.3 is 4.74 Å². The summed E-state index contributed by atoms with van der Waals surface area (Å²) in [4.78, 5) is 4.88. The predicted molar refractivity (Wildman–Crippen MR) is 137 cm³/mol. The number of ether oxygens (including phenoxy) is 1. The molecule has 31 heavy (non-hydrogen) atoms. The SMILES string of the molecule is CC.CC.CC.CC#CCN1CC2(CCCCO2)C1.CC#CCN1CC2CCCC2C1. The first-order valence-corrected chi connectivity index (χ1v) is 13.1. The molecule has 1 aliphatic carbocycles. The van der Waals surface area contributed by atoms with Crippen LogP contribution in [-0.2, 0) is 4.74 Å². The molecule has 2 atom stereocenters. The maximum atomic E-state index is 5.82. The highest BCUT2D eigenvalue weighted by Crippen LogP contribution is 2.37. The lowest BCUT2D eigenvalue weighted by Gasteiger charge is -2.51. The van der Waals surface area contributed by atoms with Crippen LogP contribution in [0.1, 0.15) is 93.9 Å². The maximum Gasteiger partial charge on any atom is 0.0935 e. The van der Waals surface area contributed by atoms with Crippen LogP contribution in [-0.4, -0.2) is 61.3 Å². The van der Waals surface area contributed by atoms with E-state index in [0.717, 1.165) is 44.6 Å². The summed E-state index contributed by atoms with van der Waals surface area (Å²) >= 11 is 0. The molecule has 2 unspecified atom stereocenters. The van der Waals surface area contributed by atoms with Crippen molar-refractivity contribution < 1.29 is 4.74 Å². The van der Waals surface area contributed by atoms with Crippen molar-refractivity contribution in [2.45, 2.75) is 99.5 Å². The zero-order valence-electron chi connectivity index (χ0n) is 22.1. The maximum absolute atomic E-state index is 5.82. The third-order valence-corrected chi connectivity index (χ3v) is 6.22. The number of hydrogen-bond acceptors (Lipinski definition) is 3. The van der Waals surface area contributed by atoms with Crippen LogP contribution >= 0.6 is 0 Å². The first-order valence-electron chi connectivity index (χ1n) is 13.1. The second-order valence-electron chi connectivity index (χ2n) is 8.13. The second kappa shape index (κ2) is 18.6. The van der Waals surface area contributed by atoms with E-state index < -0.39 is 0 Å². The van der Waals surface area contributed by atoms with Gasteiger partial charge >= 0.3 is 0 Å². The fourth-order valence-corrected chi connectivity index (χ4v) is 4.88. The molecule has 0 bridgehead atoms. The van der Waals surface area contributed by atoms with Gasteiger partial charge in [-0.15, -0.1) is 11.8 Å². The molecule has 3 aliphatic heterocycles. The second-order valence-corrected chi connectivity index (χ2v) is 8.13. The number of fused-ring (bicyclic) bond motifs is 1. The quantitative estimate of drug-likeness (QED) is 0.491. The Bertz CT molecular complexity index is 525. The van der Waals surface area contributed by atoms with Gasteiger partial charge in [0.2, 0.25) is 0 Å². The van der Waals surface area contributed by atoms with Gasteiger partial charge in [-0.1, -0.05) is 59.8 Å². The Hall–Kier alpha value is -1.00. The normalized spacial score (nSPS) is 24.9. The van der Waals surface area contributed by atoms with Crippen LogP contribution in [0, 0.1) is 35.5 Å². The predicted octanol–water partition coefficient (Wildman–Crippen LogP) is 6.08. The summed E-state index contributed by atoms with van der Waals surface area (Å²) in [6.07, 6.45) is 8.26. The third kappa shape index (κ3) is 10.4. The summed E-state index contributed by atoms with van der Waals surface area (Å²) in [5, 5.41) is 0. The summed E-state index contributed by atoms with van der Waals surface area (Å²) < 4.78 is 5.82. The zero-order chi connectivity index (χ0) is 23.5. The van der Waals surface area contributed by atoms with Crippen molar-refractivity contribution in [3.63, 3.8) is 0 Å². The van der Waals surface area contributed by atoms with Gasteiger partial charge in [-0.3, -0.25) is 9.80 Å². The van der Waals surface area contributed by atoms with Gasteiger partial charge in [-0.2, -0.15) is 0 Å². The largest absolute Gasteiger partial charge is 0.372 e. The van der Waals surface area contributed by atoms with Crippen molar-refractivity contribution in [1.29, 1.82) is 0 Å². The van der Waals surface area contributed by atoms with Crippen molar-refractivity contribution in [3.8, 4) is 23.7 Å². The summed E-state index contributed by atoms with van der Waals surface area (Å²) in [5.74, 6) is 14.2. The van der Waals surface area contributed by atoms with E-state index in [1.165, 1.54) is 51.6 Å². The molecular formula is C28H52N2O. The Morgan fingerprint density at radius 2 is 1.26 bits per heavy atom. The average Bonchev–Trinajstić information content (AvgIpc) is 3.42. The van der Waals surface area contributed by atoms with E-state index in [4.69, 9.17) is 4.74 Å². The molecule has 4 rings (SSSR count). The molecule has 0 aromatic rings. The minimum Gasteiger partial charge on any atom is -0.372 e. The van der Waals surface area contributed by atoms with E-state index in [1.807, 2.05) is 55.4 Å². The molecule has 3 heteroatoms. The Kier molecular flexibility index (Phi) is 18.0. The molecule has 180 valence electrons. The van der Waals surface area contributed by atoms with Crippen LogP contribution in [0.5, 0.6) is 0 Å². The molecule has 3 nitrogen and oxygen atoms in total. The lowest BCUT2D eigenvalue weighted by atomic mass is 9.86. The molecule has 3 saturated heterocycles. The Morgan fingerprint density at radius 3 is 1.71 bits per heavy atom. The van der Waals surface area contributed by atoms with Gasteiger partial charge in [-0.25, -0.2) is 0 Å². The minimum atomic E-state index is 0.230. The Morgan fingerprint density at radius 1 is 0.742 bits per heavy atom. The van der Waals surface area contributed by atoms with Crippen molar-refractivity contribution in [2.75, 3.05) is 45.9 Å². The van der Waals surface area contributed by atoms with E-state index in [0.29, 0.717) is 0 Å². The van der Waals surface area contributed by atoms with Crippen LogP contribution in [0.2, 0.25) is 0 Å². The topological polar surface area (TPSA) is 15.7 Å². The summed E-state index contributed by atoms with van der Waals surface area (Å²) in [5.41, 5.74) is 0.230. The van der Waals surface area contributed by atoms with Crippen LogP contribution in [0.3, 0.4) is 0 Å². The fraction of sp³-hybridized carbons (Fsp3) is 0.857. The molecule has 0 N–H and O–H groups in total. The van der Waals surface area contributed by atoms with Gasteiger partial charge in [0.25, 0.3) is 0 Å². The van der Waals surface area contributed by atoms with Crippen LogP contribution in [0.25, 0.3) is 0 Å². The number of rotatable bonds is 2. The highest BCUT2D eigenvalue weighted by atomic mass is 16.5. The van der Waals surface area contributed by atoms with Crippen molar-refractivity contribution in [1.82, 2.24) is 9.80 Å². The standard InChI is InChI=1S/C11H17NO.C11H17N.3C2H6/c1-2-3-7-12-9-11(10-12)6-4-5-8-13-11;1-2-3-7-12-8-10-5-4-6-11(10)9-12;3*1-2/h4-10H2,1H3;10-11H,4-9H2,1H3;3*1-2H3. The first-order chi connectivity index (χ1) is 15.2. The third-order valence-electron chi connectivity index (χ3n) is 6.22. The molecule has 0 aromatic carbocycles. The van der Waals surface area contributed by atoms with Gasteiger partial charge in [0.1, 0.15) is 0 Å². The minimum absolute atomic E-state index is 0.230. The zero-order valence-corrected chi connectivity index (χ0v) is 22.1. The fourth-order valence-electron chi connectivity index (χ4n) is 4.88. The van der Waals surface area contributed by atoms with Crippen LogP contribution in [0.4, 0.5) is 0 Å². The average molecular weight is 433 g/mol. The van der Waals surface area contributed by atoms with Crippen LogP contribution < -0.4 is 0 Å². The highest BCUT2D eigenvalue weighted by Gasteiger charge is 2.44. The molecule has 0 aromatic heterocycles. The Labute approximate surface area is 195 Å². The van der Waals surface area contributed by atoms with Gasteiger partial charge in [-0.05, 0) is 57.8 Å². The molecule has 0 amide bonds. The molecule has 0 radical (unpaired) electrons. The van der Waals surface area contributed by atoms with Crippen molar-refractivity contribution in [2.24, 2.45) is 11.8 Å². The van der Waals surface area contributed by atoms with E-state index in [9.17, 15) is 0 Å². The number of nitrogens with zero attached hydrogens (tertiary/aromatic N) is 2. The van der Waals surface area contributed by atoms with Crippen LogP contribution in [0.15, 0.2) is 0 Å². The molecule has 4 aliphatic rings. The van der Waals surface area contributed by atoms with Gasteiger partial charge in [0, 0.05) is 32.8 Å². The lowest BCUT2D eigenvalue weighted by molar-refractivity contribution is -0.162. The first kappa shape index (κ1) is 30.0. The summed E-state index contributed by atoms with van der Waals surface area (Å²) in [6, 6.07) is 0. The summed E-state index contributed by atoms with van der Waals surface area (Å²) in [7, 11) is 0. The summed E-state index contributed by atoms with van der Waals surface area (Å²) in [6.45, 7) is 23.5. The molecule has 1 spiro atoms. The van der Waals surface area contributed by atoms with Gasteiger partial charge in [0.05, 0.1) is 18.7 Å². The lowest BCUT2D eigenvalue weighted by Crippen LogP contribution is -2.64. The number of hydrogen-bond donors (Lipinski definition) is 0. The number of likely N-dealkylation sites (tertiary alicyclic amines) is 2.